The van der Waals surface area contributed by atoms with Crippen LogP contribution in [0.4, 0.5) is 4.39 Å². The molecule has 0 aliphatic carbocycles. The van der Waals surface area contributed by atoms with E-state index in [0.717, 1.165) is 16.9 Å². The lowest BCUT2D eigenvalue weighted by Gasteiger charge is -2.07. The first kappa shape index (κ1) is 14.3. The Hall–Kier alpha value is -2.16. The highest BCUT2D eigenvalue weighted by molar-refractivity contribution is 5.97. The van der Waals surface area contributed by atoms with Crippen LogP contribution in [0.3, 0.4) is 0 Å². The van der Waals surface area contributed by atoms with E-state index >= 15 is 0 Å². The summed E-state index contributed by atoms with van der Waals surface area (Å²) in [7, 11) is 0. The maximum atomic E-state index is 13.2. The van der Waals surface area contributed by atoms with E-state index in [2.05, 4.69) is 0 Å². The van der Waals surface area contributed by atoms with Gasteiger partial charge < -0.3 is 4.74 Å². The first-order valence-electron chi connectivity index (χ1n) is 6.61. The Morgan fingerprint density at radius 1 is 1.15 bits per heavy atom. The molecule has 0 bridgehead atoms. The Morgan fingerprint density at radius 3 is 2.50 bits per heavy atom. The molecule has 3 heteroatoms. The van der Waals surface area contributed by atoms with Crippen LogP contribution in [0, 0.1) is 12.7 Å². The highest BCUT2D eigenvalue weighted by Crippen LogP contribution is 2.16. The lowest BCUT2D eigenvalue weighted by atomic mass is 9.99. The molecule has 0 fully saturated rings. The number of carbonyl (C=O) groups excluding carboxylic acids is 1. The van der Waals surface area contributed by atoms with Crippen LogP contribution < -0.4 is 4.74 Å². The molecular formula is C17H17FO2. The second kappa shape index (κ2) is 6.33. The molecule has 2 aromatic rings. The average Bonchev–Trinajstić information content (AvgIpc) is 2.44. The molecule has 2 nitrogen and oxygen atoms in total. The van der Waals surface area contributed by atoms with Gasteiger partial charge in [-0.15, -0.1) is 0 Å². The van der Waals surface area contributed by atoms with Crippen molar-refractivity contribution in [2.75, 3.05) is 6.61 Å². The van der Waals surface area contributed by atoms with Gasteiger partial charge in [-0.05, 0) is 61.4 Å². The van der Waals surface area contributed by atoms with Gasteiger partial charge in [0.25, 0.3) is 0 Å². The molecule has 0 atom stereocenters. The van der Waals surface area contributed by atoms with Crippen LogP contribution in [0.15, 0.2) is 42.5 Å². The summed E-state index contributed by atoms with van der Waals surface area (Å²) in [5.41, 5.74) is 2.26. The van der Waals surface area contributed by atoms with E-state index in [1.54, 1.807) is 30.3 Å². The Labute approximate surface area is 118 Å². The fourth-order valence-electron chi connectivity index (χ4n) is 2.01. The minimum absolute atomic E-state index is 0.0262. The average molecular weight is 272 g/mol. The molecule has 0 amide bonds. The quantitative estimate of drug-likeness (QED) is 0.770. The second-order valence-corrected chi connectivity index (χ2v) is 4.63. The molecule has 0 saturated heterocycles. The van der Waals surface area contributed by atoms with Crippen molar-refractivity contribution >= 4 is 5.78 Å². The number of carbonyl (C=O) groups is 1. The number of ether oxygens (including phenoxy) is 1. The first-order chi connectivity index (χ1) is 9.60. The molecule has 0 spiro atoms. The lowest BCUT2D eigenvalue weighted by molar-refractivity contribution is 0.0992. The highest BCUT2D eigenvalue weighted by atomic mass is 19.1. The number of hydrogen-bond donors (Lipinski definition) is 0. The van der Waals surface area contributed by atoms with Crippen LogP contribution >= 0.6 is 0 Å². The van der Waals surface area contributed by atoms with Gasteiger partial charge in [0.1, 0.15) is 11.6 Å². The van der Waals surface area contributed by atoms with Crippen molar-refractivity contribution in [2.24, 2.45) is 0 Å². The topological polar surface area (TPSA) is 26.3 Å². The van der Waals surface area contributed by atoms with Crippen LogP contribution in [0.5, 0.6) is 5.75 Å². The molecule has 0 aliphatic heterocycles. The zero-order chi connectivity index (χ0) is 14.5. The van der Waals surface area contributed by atoms with Crippen LogP contribution in [-0.4, -0.2) is 12.4 Å². The van der Waals surface area contributed by atoms with E-state index in [9.17, 15) is 9.18 Å². The Balaban J connectivity index is 2.13. The Kier molecular flexibility index (Phi) is 4.51. The van der Waals surface area contributed by atoms with Gasteiger partial charge in [-0.2, -0.15) is 0 Å². The van der Waals surface area contributed by atoms with Gasteiger partial charge in [0.15, 0.2) is 5.78 Å². The summed E-state index contributed by atoms with van der Waals surface area (Å²) < 4.78 is 18.5. The Morgan fingerprint density at radius 2 is 1.85 bits per heavy atom. The fraction of sp³-hybridized carbons (Fsp3) is 0.235. The van der Waals surface area contributed by atoms with Crippen molar-refractivity contribution in [3.05, 3.63) is 65.0 Å². The van der Waals surface area contributed by atoms with Gasteiger partial charge in [0.2, 0.25) is 0 Å². The normalized spacial score (nSPS) is 10.3. The van der Waals surface area contributed by atoms with Crippen LogP contribution in [0.2, 0.25) is 0 Å². The Bertz CT molecular complexity index is 603. The number of benzene rings is 2. The summed E-state index contributed by atoms with van der Waals surface area (Å²) in [6.07, 6.45) is 0.206. The van der Waals surface area contributed by atoms with Gasteiger partial charge in [-0.25, -0.2) is 4.39 Å². The highest BCUT2D eigenvalue weighted by Gasteiger charge is 2.10. The molecule has 2 rings (SSSR count). The second-order valence-electron chi connectivity index (χ2n) is 4.63. The minimum atomic E-state index is -0.315. The van der Waals surface area contributed by atoms with E-state index in [-0.39, 0.29) is 18.0 Å². The summed E-state index contributed by atoms with van der Waals surface area (Å²) in [5.74, 6) is 0.401. The molecule has 0 saturated carbocycles. The first-order valence-corrected chi connectivity index (χ1v) is 6.61. The zero-order valence-corrected chi connectivity index (χ0v) is 11.7. The van der Waals surface area contributed by atoms with Gasteiger partial charge in [-0.3, -0.25) is 4.79 Å². The maximum absolute atomic E-state index is 13.2. The zero-order valence-electron chi connectivity index (χ0n) is 11.7. The molecule has 0 unspecified atom stereocenters. The third-order valence-corrected chi connectivity index (χ3v) is 3.15. The number of Topliss-reactive ketones (excluding diaryl/α,β-unsaturated/α-hetero) is 1. The van der Waals surface area contributed by atoms with E-state index in [1.165, 1.54) is 12.1 Å². The number of rotatable bonds is 5. The summed E-state index contributed by atoms with van der Waals surface area (Å²) in [6.45, 7) is 4.38. The molecule has 0 aromatic heterocycles. The number of aryl methyl sites for hydroxylation is 1. The number of halogens is 1. The molecule has 0 heterocycles. The molecule has 104 valence electrons. The molecule has 0 aliphatic rings. The molecule has 20 heavy (non-hydrogen) atoms. The monoisotopic (exact) mass is 272 g/mol. The van der Waals surface area contributed by atoms with Gasteiger partial charge in [-0.1, -0.05) is 6.07 Å². The van der Waals surface area contributed by atoms with Crippen LogP contribution in [0.1, 0.15) is 28.4 Å². The van der Waals surface area contributed by atoms with E-state index in [4.69, 9.17) is 4.74 Å². The standard InChI is InChI=1S/C17H17FO2/c1-3-20-16-8-5-13(6-9-16)17(19)11-14-10-15(18)7-4-12(14)2/h4-10H,3,11H2,1-2H3. The fourth-order valence-corrected chi connectivity index (χ4v) is 2.01. The summed E-state index contributed by atoms with van der Waals surface area (Å²) in [4.78, 5) is 12.2. The van der Waals surface area contributed by atoms with Crippen molar-refractivity contribution in [3.63, 3.8) is 0 Å². The molecule has 0 radical (unpaired) electrons. The summed E-state index contributed by atoms with van der Waals surface area (Å²) in [5, 5.41) is 0. The third kappa shape index (κ3) is 3.44. The van der Waals surface area contributed by atoms with Gasteiger partial charge in [0, 0.05) is 12.0 Å². The minimum Gasteiger partial charge on any atom is -0.494 e. The largest absolute Gasteiger partial charge is 0.494 e. The summed E-state index contributed by atoms with van der Waals surface area (Å²) >= 11 is 0. The van der Waals surface area contributed by atoms with Gasteiger partial charge >= 0.3 is 0 Å². The van der Waals surface area contributed by atoms with E-state index in [0.29, 0.717) is 12.2 Å². The molecule has 0 N–H and O–H groups in total. The number of ketones is 1. The van der Waals surface area contributed by atoms with E-state index in [1.807, 2.05) is 13.8 Å². The van der Waals surface area contributed by atoms with Crippen LogP contribution in [-0.2, 0) is 6.42 Å². The smallest absolute Gasteiger partial charge is 0.167 e. The third-order valence-electron chi connectivity index (χ3n) is 3.15. The molecule has 2 aromatic carbocycles. The predicted octanol–water partition coefficient (Wildman–Crippen LogP) is 3.96. The van der Waals surface area contributed by atoms with Crippen molar-refractivity contribution in [1.29, 1.82) is 0 Å². The predicted molar refractivity (Wildman–Crippen MR) is 76.8 cm³/mol. The van der Waals surface area contributed by atoms with Crippen molar-refractivity contribution in [3.8, 4) is 5.75 Å². The lowest BCUT2D eigenvalue weighted by Crippen LogP contribution is -2.05. The van der Waals surface area contributed by atoms with Crippen molar-refractivity contribution in [2.45, 2.75) is 20.3 Å². The van der Waals surface area contributed by atoms with Crippen molar-refractivity contribution in [1.82, 2.24) is 0 Å². The molecular weight excluding hydrogens is 255 g/mol. The van der Waals surface area contributed by atoms with E-state index < -0.39 is 0 Å². The SMILES string of the molecule is CCOc1ccc(C(=O)Cc2cc(F)ccc2C)cc1. The van der Waals surface area contributed by atoms with Gasteiger partial charge in [0.05, 0.1) is 6.61 Å². The summed E-state index contributed by atoms with van der Waals surface area (Å²) in [6, 6.07) is 11.5. The number of hydrogen-bond acceptors (Lipinski definition) is 2. The van der Waals surface area contributed by atoms with Crippen molar-refractivity contribution < 1.29 is 13.9 Å². The maximum Gasteiger partial charge on any atom is 0.167 e. The van der Waals surface area contributed by atoms with Crippen LogP contribution in [0.25, 0.3) is 0 Å².